The van der Waals surface area contributed by atoms with Crippen LogP contribution in [-0.4, -0.2) is 36.6 Å². The minimum Gasteiger partial charge on any atom is -0.313 e. The first-order valence-corrected chi connectivity index (χ1v) is 8.73. The lowest BCUT2D eigenvalue weighted by molar-refractivity contribution is 0.0887. The average Bonchev–Trinajstić information content (AvgIpc) is 3.27. The van der Waals surface area contributed by atoms with Crippen molar-refractivity contribution in [1.29, 1.82) is 0 Å². The summed E-state index contributed by atoms with van der Waals surface area (Å²) in [5.74, 6) is 3.08. The fraction of sp³-hybridized carbons (Fsp3) is 1.00. The van der Waals surface area contributed by atoms with Crippen LogP contribution in [0.2, 0.25) is 0 Å². The summed E-state index contributed by atoms with van der Waals surface area (Å²) in [6.07, 6.45) is 10.2. The molecule has 2 heteroatoms. The molecule has 1 N–H and O–H groups in total. The van der Waals surface area contributed by atoms with E-state index in [-0.39, 0.29) is 0 Å². The molecule has 0 radical (unpaired) electrons. The highest BCUT2D eigenvalue weighted by atomic mass is 15.2. The molecule has 3 unspecified atom stereocenters. The zero-order valence-corrected chi connectivity index (χ0v) is 12.9. The van der Waals surface area contributed by atoms with Gasteiger partial charge in [-0.3, -0.25) is 4.90 Å². The lowest BCUT2D eigenvalue weighted by Crippen LogP contribution is -2.52. The Morgan fingerprint density at radius 3 is 2.53 bits per heavy atom. The van der Waals surface area contributed by atoms with Crippen LogP contribution in [-0.2, 0) is 0 Å². The third-order valence-electron chi connectivity index (χ3n) is 5.49. The summed E-state index contributed by atoms with van der Waals surface area (Å²) in [7, 11) is 0. The first kappa shape index (κ1) is 13.9. The molecule has 3 fully saturated rings. The second kappa shape index (κ2) is 6.13. The molecule has 0 bridgehead atoms. The summed E-state index contributed by atoms with van der Waals surface area (Å²) < 4.78 is 0. The molecule has 0 aromatic carbocycles. The van der Waals surface area contributed by atoms with Crippen molar-refractivity contribution in [2.75, 3.05) is 19.6 Å². The highest BCUT2D eigenvalue weighted by Gasteiger charge is 2.37. The van der Waals surface area contributed by atoms with Crippen LogP contribution in [0.25, 0.3) is 0 Å². The smallest absolute Gasteiger partial charge is 0.0198 e. The molecule has 110 valence electrons. The maximum atomic E-state index is 3.80. The molecule has 19 heavy (non-hydrogen) atoms. The van der Waals surface area contributed by atoms with Gasteiger partial charge < -0.3 is 5.32 Å². The van der Waals surface area contributed by atoms with Gasteiger partial charge in [-0.15, -0.1) is 0 Å². The van der Waals surface area contributed by atoms with Crippen molar-refractivity contribution in [2.45, 2.75) is 70.9 Å². The molecule has 2 aliphatic carbocycles. The third-order valence-corrected chi connectivity index (χ3v) is 5.49. The number of rotatable bonds is 7. The van der Waals surface area contributed by atoms with Crippen molar-refractivity contribution in [2.24, 2.45) is 17.8 Å². The summed E-state index contributed by atoms with van der Waals surface area (Å²) in [4.78, 5) is 2.82. The number of piperidine rings is 1. The molecule has 0 aromatic rings. The van der Waals surface area contributed by atoms with Crippen LogP contribution in [0.1, 0.15) is 58.8 Å². The van der Waals surface area contributed by atoms with E-state index in [4.69, 9.17) is 0 Å². The molecule has 1 aliphatic heterocycles. The van der Waals surface area contributed by atoms with Crippen molar-refractivity contribution < 1.29 is 0 Å². The van der Waals surface area contributed by atoms with E-state index in [1.54, 1.807) is 0 Å². The Hall–Kier alpha value is -0.0800. The molecule has 2 saturated carbocycles. The molecule has 3 aliphatic rings. The number of nitrogens with zero attached hydrogens (tertiary/aromatic N) is 1. The van der Waals surface area contributed by atoms with E-state index >= 15 is 0 Å². The molecule has 1 heterocycles. The quantitative estimate of drug-likeness (QED) is 0.759. The van der Waals surface area contributed by atoms with Gasteiger partial charge in [-0.1, -0.05) is 19.8 Å². The molecule has 1 saturated heterocycles. The van der Waals surface area contributed by atoms with Crippen LogP contribution in [0.3, 0.4) is 0 Å². The van der Waals surface area contributed by atoms with Gasteiger partial charge >= 0.3 is 0 Å². The van der Waals surface area contributed by atoms with Crippen LogP contribution < -0.4 is 5.32 Å². The molecular weight excluding hydrogens is 232 g/mol. The largest absolute Gasteiger partial charge is 0.313 e. The molecule has 3 rings (SSSR count). The normalized spacial score (nSPS) is 34.4. The number of likely N-dealkylation sites (tertiary alicyclic amines) is 1. The van der Waals surface area contributed by atoms with Crippen molar-refractivity contribution in [3.63, 3.8) is 0 Å². The predicted octanol–water partition coefficient (Wildman–Crippen LogP) is 3.28. The van der Waals surface area contributed by atoms with Gasteiger partial charge in [-0.2, -0.15) is 0 Å². The lowest BCUT2D eigenvalue weighted by Gasteiger charge is -2.41. The predicted molar refractivity (Wildman–Crippen MR) is 81.3 cm³/mol. The first-order chi connectivity index (χ1) is 9.26. The summed E-state index contributed by atoms with van der Waals surface area (Å²) in [6.45, 7) is 8.65. The second-order valence-electron chi connectivity index (χ2n) is 7.46. The van der Waals surface area contributed by atoms with Crippen molar-refractivity contribution in [3.8, 4) is 0 Å². The monoisotopic (exact) mass is 264 g/mol. The van der Waals surface area contributed by atoms with Crippen molar-refractivity contribution in [3.05, 3.63) is 0 Å². The van der Waals surface area contributed by atoms with Gasteiger partial charge in [0.2, 0.25) is 0 Å². The minimum absolute atomic E-state index is 0.763. The zero-order chi connectivity index (χ0) is 13.2. The Morgan fingerprint density at radius 2 is 1.89 bits per heavy atom. The molecule has 0 aromatic heterocycles. The van der Waals surface area contributed by atoms with Crippen LogP contribution in [0.5, 0.6) is 0 Å². The first-order valence-electron chi connectivity index (χ1n) is 8.73. The topological polar surface area (TPSA) is 15.3 Å². The maximum absolute atomic E-state index is 3.80. The summed E-state index contributed by atoms with van der Waals surface area (Å²) >= 11 is 0. The van der Waals surface area contributed by atoms with Crippen LogP contribution in [0.4, 0.5) is 0 Å². The van der Waals surface area contributed by atoms with E-state index in [0.717, 1.165) is 29.8 Å². The highest BCUT2D eigenvalue weighted by Crippen LogP contribution is 2.40. The van der Waals surface area contributed by atoms with Gasteiger partial charge in [0, 0.05) is 25.2 Å². The van der Waals surface area contributed by atoms with E-state index in [1.807, 2.05) is 0 Å². The summed E-state index contributed by atoms with van der Waals surface area (Å²) in [5, 5.41) is 3.80. The van der Waals surface area contributed by atoms with Crippen molar-refractivity contribution >= 4 is 0 Å². The standard InChI is InChI=1S/C17H32N2/c1-3-8-18-17-10-15(9-14-4-5-14)11-19(12-17)13(2)16-6-7-16/h13-18H,3-12H2,1-2H3. The number of hydrogen-bond acceptors (Lipinski definition) is 2. The number of hydrogen-bond donors (Lipinski definition) is 1. The Morgan fingerprint density at radius 1 is 1.11 bits per heavy atom. The van der Waals surface area contributed by atoms with Gasteiger partial charge in [-0.25, -0.2) is 0 Å². The number of nitrogens with one attached hydrogen (secondary N) is 1. The van der Waals surface area contributed by atoms with Crippen LogP contribution in [0.15, 0.2) is 0 Å². The molecule has 0 spiro atoms. The Bertz CT molecular complexity index is 283. The Balaban J connectivity index is 1.55. The molecule has 0 amide bonds. The van der Waals surface area contributed by atoms with E-state index in [0.29, 0.717) is 0 Å². The third kappa shape index (κ3) is 3.95. The summed E-state index contributed by atoms with van der Waals surface area (Å²) in [5.41, 5.74) is 0. The molecule has 2 nitrogen and oxygen atoms in total. The minimum atomic E-state index is 0.763. The van der Waals surface area contributed by atoms with Gasteiger partial charge in [0.25, 0.3) is 0 Å². The fourth-order valence-corrected chi connectivity index (χ4v) is 3.94. The zero-order valence-electron chi connectivity index (χ0n) is 12.9. The van der Waals surface area contributed by atoms with Gasteiger partial charge in [0.05, 0.1) is 0 Å². The van der Waals surface area contributed by atoms with Crippen LogP contribution >= 0.6 is 0 Å². The van der Waals surface area contributed by atoms with Gasteiger partial charge in [0.15, 0.2) is 0 Å². The van der Waals surface area contributed by atoms with Gasteiger partial charge in [-0.05, 0) is 63.3 Å². The second-order valence-corrected chi connectivity index (χ2v) is 7.46. The van der Waals surface area contributed by atoms with E-state index in [9.17, 15) is 0 Å². The van der Waals surface area contributed by atoms with Crippen LogP contribution in [0, 0.1) is 17.8 Å². The van der Waals surface area contributed by atoms with E-state index < -0.39 is 0 Å². The van der Waals surface area contributed by atoms with Crippen molar-refractivity contribution in [1.82, 2.24) is 10.2 Å². The SMILES string of the molecule is CCCNC1CC(CC2CC2)CN(C(C)C2CC2)C1. The van der Waals surface area contributed by atoms with E-state index in [1.165, 1.54) is 64.6 Å². The molecule has 3 atom stereocenters. The summed E-state index contributed by atoms with van der Waals surface area (Å²) in [6, 6.07) is 1.60. The molecular formula is C17H32N2. The lowest BCUT2D eigenvalue weighted by atomic mass is 9.88. The van der Waals surface area contributed by atoms with Gasteiger partial charge in [0.1, 0.15) is 0 Å². The van der Waals surface area contributed by atoms with E-state index in [2.05, 4.69) is 24.1 Å². The highest BCUT2D eigenvalue weighted by molar-refractivity contribution is 4.92. The average molecular weight is 264 g/mol. The Kier molecular flexibility index (Phi) is 4.48. The fourth-order valence-electron chi connectivity index (χ4n) is 3.94. The Labute approximate surface area is 119 Å². The maximum Gasteiger partial charge on any atom is 0.0198 e.